The molecule has 0 N–H and O–H groups in total. The lowest BCUT2D eigenvalue weighted by molar-refractivity contribution is -0.167. The Balaban J connectivity index is 4.28. The molecule has 0 aromatic carbocycles. The van der Waals surface area contributed by atoms with Crippen molar-refractivity contribution >= 4 is 17.9 Å². The first-order valence-corrected chi connectivity index (χ1v) is 24.7. The third kappa shape index (κ3) is 43.3. The van der Waals surface area contributed by atoms with Crippen molar-refractivity contribution < 1.29 is 28.6 Å². The summed E-state index contributed by atoms with van der Waals surface area (Å²) < 4.78 is 16.7. The lowest BCUT2D eigenvalue weighted by Gasteiger charge is -2.18. The first kappa shape index (κ1) is 54.2. The van der Waals surface area contributed by atoms with Gasteiger partial charge in [0.2, 0.25) is 0 Å². The van der Waals surface area contributed by atoms with Crippen molar-refractivity contribution in [2.75, 3.05) is 13.2 Å². The van der Waals surface area contributed by atoms with E-state index in [1.807, 2.05) is 0 Å². The second-order valence-electron chi connectivity index (χ2n) is 16.7. The molecule has 0 radical (unpaired) electrons. The summed E-state index contributed by atoms with van der Waals surface area (Å²) in [7, 11) is 0. The molecule has 0 spiro atoms. The molecule has 0 aromatic rings. The van der Waals surface area contributed by atoms with E-state index >= 15 is 0 Å². The molecular formula is C50H94O6. The Kier molecular flexibility index (Phi) is 44.3. The van der Waals surface area contributed by atoms with Gasteiger partial charge < -0.3 is 14.2 Å². The topological polar surface area (TPSA) is 78.9 Å². The van der Waals surface area contributed by atoms with E-state index < -0.39 is 6.10 Å². The predicted octanol–water partition coefficient (Wildman–Crippen LogP) is 15.8. The SMILES string of the molecule is CCCCCCCC/C=C\CCCCCCCCCC(=O)OC[C@@H](COC(=O)CCCCCCCCCCCC)OC(=O)CCCCCCCCCCCCC. The first-order valence-electron chi connectivity index (χ1n) is 24.7. The van der Waals surface area contributed by atoms with E-state index in [2.05, 4.69) is 32.9 Å². The van der Waals surface area contributed by atoms with Crippen LogP contribution in [0.25, 0.3) is 0 Å². The van der Waals surface area contributed by atoms with Crippen LogP contribution in [0.4, 0.5) is 0 Å². The molecule has 330 valence electrons. The molecule has 0 amide bonds. The highest BCUT2D eigenvalue weighted by molar-refractivity contribution is 5.71. The van der Waals surface area contributed by atoms with Gasteiger partial charge in [0.15, 0.2) is 6.10 Å². The summed E-state index contributed by atoms with van der Waals surface area (Å²) in [6.45, 7) is 6.63. The van der Waals surface area contributed by atoms with Crippen LogP contribution in [0.5, 0.6) is 0 Å². The molecule has 6 nitrogen and oxygen atoms in total. The highest BCUT2D eigenvalue weighted by Crippen LogP contribution is 2.15. The Labute approximate surface area is 348 Å². The maximum Gasteiger partial charge on any atom is 0.306 e. The minimum Gasteiger partial charge on any atom is -0.462 e. The molecule has 0 aliphatic heterocycles. The number of ether oxygens (including phenoxy) is 3. The van der Waals surface area contributed by atoms with Crippen molar-refractivity contribution in [2.24, 2.45) is 0 Å². The number of carbonyl (C=O) groups excluding carboxylic acids is 3. The Morgan fingerprint density at radius 1 is 0.339 bits per heavy atom. The summed E-state index contributed by atoms with van der Waals surface area (Å²) in [6, 6.07) is 0. The van der Waals surface area contributed by atoms with Gasteiger partial charge in [0.1, 0.15) is 13.2 Å². The van der Waals surface area contributed by atoms with Crippen molar-refractivity contribution in [3.63, 3.8) is 0 Å². The normalized spacial score (nSPS) is 12.0. The van der Waals surface area contributed by atoms with Crippen molar-refractivity contribution in [3.05, 3.63) is 12.2 Å². The van der Waals surface area contributed by atoms with Crippen LogP contribution in [0.15, 0.2) is 12.2 Å². The van der Waals surface area contributed by atoms with Gasteiger partial charge in [-0.25, -0.2) is 0 Å². The van der Waals surface area contributed by atoms with Crippen molar-refractivity contribution in [1.82, 2.24) is 0 Å². The van der Waals surface area contributed by atoms with Crippen LogP contribution in [0.1, 0.15) is 271 Å². The van der Waals surface area contributed by atoms with Gasteiger partial charge in [-0.3, -0.25) is 14.4 Å². The second kappa shape index (κ2) is 45.8. The number of carbonyl (C=O) groups is 3. The molecule has 0 unspecified atom stereocenters. The summed E-state index contributed by atoms with van der Waals surface area (Å²) in [5.41, 5.74) is 0. The maximum atomic E-state index is 12.7. The molecule has 1 atom stereocenters. The molecule has 56 heavy (non-hydrogen) atoms. The summed E-state index contributed by atoms with van der Waals surface area (Å²) >= 11 is 0. The van der Waals surface area contributed by atoms with Crippen LogP contribution in [-0.2, 0) is 28.6 Å². The fourth-order valence-electron chi connectivity index (χ4n) is 7.26. The molecule has 6 heteroatoms. The Hall–Kier alpha value is -1.85. The Bertz CT molecular complexity index is 870. The summed E-state index contributed by atoms with van der Waals surface area (Å²) in [5.74, 6) is -0.861. The van der Waals surface area contributed by atoms with Gasteiger partial charge in [0.25, 0.3) is 0 Å². The van der Waals surface area contributed by atoms with Crippen LogP contribution in [0.2, 0.25) is 0 Å². The fourth-order valence-corrected chi connectivity index (χ4v) is 7.26. The summed E-state index contributed by atoms with van der Waals surface area (Å²) in [4.78, 5) is 37.8. The molecule has 0 rings (SSSR count). The van der Waals surface area contributed by atoms with E-state index in [1.54, 1.807) is 0 Å². The van der Waals surface area contributed by atoms with Crippen LogP contribution < -0.4 is 0 Å². The zero-order chi connectivity index (χ0) is 40.8. The smallest absolute Gasteiger partial charge is 0.306 e. The van der Waals surface area contributed by atoms with Crippen molar-refractivity contribution in [3.8, 4) is 0 Å². The molecule has 0 aliphatic carbocycles. The van der Waals surface area contributed by atoms with E-state index in [0.717, 1.165) is 57.8 Å². The minimum atomic E-state index is -0.763. The highest BCUT2D eigenvalue weighted by atomic mass is 16.6. The number of hydrogen-bond donors (Lipinski definition) is 0. The van der Waals surface area contributed by atoms with Crippen LogP contribution >= 0.6 is 0 Å². The third-order valence-corrected chi connectivity index (χ3v) is 11.0. The van der Waals surface area contributed by atoms with Gasteiger partial charge in [-0.2, -0.15) is 0 Å². The van der Waals surface area contributed by atoms with Crippen LogP contribution in [0, 0.1) is 0 Å². The average molecular weight is 791 g/mol. The molecular weight excluding hydrogens is 697 g/mol. The van der Waals surface area contributed by atoms with Gasteiger partial charge in [0, 0.05) is 19.3 Å². The molecule has 0 bridgehead atoms. The summed E-state index contributed by atoms with van der Waals surface area (Å²) in [6.07, 6.45) is 49.1. The van der Waals surface area contributed by atoms with E-state index in [9.17, 15) is 14.4 Å². The molecule has 0 saturated heterocycles. The standard InChI is InChI=1S/C50H94O6/c1-4-7-10-13-16-19-22-23-24-25-26-27-29-31-34-37-40-43-49(52)55-46-47(45-54-48(51)42-39-36-33-30-21-18-15-12-9-6-3)56-50(53)44-41-38-35-32-28-20-17-14-11-8-5-2/h23-24,47H,4-22,25-46H2,1-3H3/b24-23-/t47-/m1/s1. The van der Waals surface area contributed by atoms with Gasteiger partial charge in [0.05, 0.1) is 0 Å². The average Bonchev–Trinajstić information content (AvgIpc) is 3.19. The lowest BCUT2D eigenvalue weighted by Crippen LogP contribution is -2.30. The van der Waals surface area contributed by atoms with E-state index in [-0.39, 0.29) is 31.1 Å². The second-order valence-corrected chi connectivity index (χ2v) is 16.7. The zero-order valence-electron chi connectivity index (χ0n) is 37.7. The number of unbranched alkanes of at least 4 members (excludes halogenated alkanes) is 32. The van der Waals surface area contributed by atoms with Gasteiger partial charge >= 0.3 is 17.9 Å². The van der Waals surface area contributed by atoms with E-state index in [4.69, 9.17) is 14.2 Å². The minimum absolute atomic E-state index is 0.0667. The summed E-state index contributed by atoms with van der Waals surface area (Å²) in [5, 5.41) is 0. The zero-order valence-corrected chi connectivity index (χ0v) is 37.7. The molecule has 0 aromatic heterocycles. The van der Waals surface area contributed by atoms with Gasteiger partial charge in [-0.05, 0) is 44.9 Å². The fraction of sp³-hybridized carbons (Fsp3) is 0.900. The Morgan fingerprint density at radius 3 is 0.893 bits per heavy atom. The largest absolute Gasteiger partial charge is 0.462 e. The Morgan fingerprint density at radius 2 is 0.589 bits per heavy atom. The molecule has 0 saturated carbocycles. The highest BCUT2D eigenvalue weighted by Gasteiger charge is 2.19. The van der Waals surface area contributed by atoms with Gasteiger partial charge in [-0.15, -0.1) is 0 Å². The van der Waals surface area contributed by atoms with Crippen molar-refractivity contribution in [1.29, 1.82) is 0 Å². The third-order valence-electron chi connectivity index (χ3n) is 11.0. The van der Waals surface area contributed by atoms with Gasteiger partial charge in [-0.1, -0.05) is 219 Å². The monoisotopic (exact) mass is 791 g/mol. The maximum absolute atomic E-state index is 12.7. The molecule has 0 heterocycles. The van der Waals surface area contributed by atoms with Crippen LogP contribution in [-0.4, -0.2) is 37.2 Å². The van der Waals surface area contributed by atoms with E-state index in [1.165, 1.54) is 173 Å². The number of allylic oxidation sites excluding steroid dienone is 2. The van der Waals surface area contributed by atoms with E-state index in [0.29, 0.717) is 19.3 Å². The molecule has 0 fully saturated rings. The molecule has 0 aliphatic rings. The first-order chi connectivity index (χ1) is 27.5. The lowest BCUT2D eigenvalue weighted by atomic mass is 10.1. The number of hydrogen-bond acceptors (Lipinski definition) is 6. The van der Waals surface area contributed by atoms with Crippen molar-refractivity contribution in [2.45, 2.75) is 277 Å². The predicted molar refractivity (Wildman–Crippen MR) is 238 cm³/mol. The quantitative estimate of drug-likeness (QED) is 0.0264. The van der Waals surface area contributed by atoms with Crippen LogP contribution in [0.3, 0.4) is 0 Å². The number of rotatable bonds is 45. The number of esters is 3.